The van der Waals surface area contributed by atoms with Gasteiger partial charge in [-0.1, -0.05) is 36.2 Å². The number of carbonyl (C=O) groups excluding carboxylic acids is 1. The summed E-state index contributed by atoms with van der Waals surface area (Å²) in [4.78, 5) is 12.3. The quantitative estimate of drug-likeness (QED) is 0.597. The van der Waals surface area contributed by atoms with Gasteiger partial charge in [0.1, 0.15) is 10.4 Å². The summed E-state index contributed by atoms with van der Waals surface area (Å²) in [5.74, 6) is -0.820. The molecule has 0 spiro atoms. The molecule has 0 radical (unpaired) electrons. The summed E-state index contributed by atoms with van der Waals surface area (Å²) in [5, 5.41) is 3.17. The predicted octanol–water partition coefficient (Wildman–Crippen LogP) is 2.40. The Bertz CT molecular complexity index is 809. The van der Waals surface area contributed by atoms with E-state index >= 15 is 0 Å². The Morgan fingerprint density at radius 3 is 2.84 bits per heavy atom. The van der Waals surface area contributed by atoms with Crippen molar-refractivity contribution in [1.29, 1.82) is 0 Å². The summed E-state index contributed by atoms with van der Waals surface area (Å²) in [6.07, 6.45) is 8.29. The van der Waals surface area contributed by atoms with Crippen molar-refractivity contribution in [3.63, 3.8) is 0 Å². The number of halogens is 1. The standard InChI is InChI=1S/C17H22ClN3O3S/c18-13-8-6-9-14-15(13)25(23,24)21-16(22)17(19)11-12(17)7-4-2-1-3-5-10-20-14/h4,6-9,12,20H,1-3,5,10-11,19H2,(H,21,22)/t12-,17-/m1/s1. The summed E-state index contributed by atoms with van der Waals surface area (Å²) in [5.41, 5.74) is 5.30. The molecule has 0 saturated heterocycles. The van der Waals surface area contributed by atoms with Crippen LogP contribution >= 0.6 is 11.6 Å². The molecule has 6 nitrogen and oxygen atoms in total. The molecule has 1 aromatic rings. The van der Waals surface area contributed by atoms with Gasteiger partial charge in [-0.05, 0) is 37.8 Å². The first kappa shape index (κ1) is 18.2. The Hall–Kier alpha value is -1.57. The average Bonchev–Trinajstić information content (AvgIpc) is 3.20. The Morgan fingerprint density at radius 2 is 2.04 bits per heavy atom. The molecule has 1 aliphatic heterocycles. The van der Waals surface area contributed by atoms with Crippen LogP contribution in [0.1, 0.15) is 32.1 Å². The maximum Gasteiger partial charge on any atom is 0.267 e. The van der Waals surface area contributed by atoms with Crippen molar-refractivity contribution >= 4 is 33.2 Å². The van der Waals surface area contributed by atoms with Gasteiger partial charge >= 0.3 is 0 Å². The maximum atomic E-state index is 12.7. The number of hydrogen-bond acceptors (Lipinski definition) is 5. The topological polar surface area (TPSA) is 101 Å². The summed E-state index contributed by atoms with van der Waals surface area (Å²) in [6, 6.07) is 4.80. The van der Waals surface area contributed by atoms with E-state index in [0.29, 0.717) is 18.7 Å². The number of hydrogen-bond donors (Lipinski definition) is 3. The van der Waals surface area contributed by atoms with E-state index in [1.807, 2.05) is 12.2 Å². The number of nitrogens with two attached hydrogens (primary N) is 1. The van der Waals surface area contributed by atoms with Crippen LogP contribution < -0.4 is 15.8 Å². The first-order chi connectivity index (χ1) is 11.8. The number of benzene rings is 1. The van der Waals surface area contributed by atoms with Gasteiger partial charge in [0.2, 0.25) is 0 Å². The zero-order valence-corrected chi connectivity index (χ0v) is 15.4. The van der Waals surface area contributed by atoms with Crippen LogP contribution in [0.25, 0.3) is 0 Å². The summed E-state index contributed by atoms with van der Waals surface area (Å²) in [6.45, 7) is 0.629. The van der Waals surface area contributed by atoms with Gasteiger partial charge in [-0.15, -0.1) is 0 Å². The Labute approximate surface area is 152 Å². The number of rotatable bonds is 0. The van der Waals surface area contributed by atoms with Crippen LogP contribution in [0.3, 0.4) is 0 Å². The number of nitrogens with one attached hydrogen (secondary N) is 2. The minimum absolute atomic E-state index is 0.0629. The van der Waals surface area contributed by atoms with Gasteiger partial charge in [-0.3, -0.25) is 4.79 Å². The van der Waals surface area contributed by atoms with Gasteiger partial charge in [0.15, 0.2) is 0 Å². The highest BCUT2D eigenvalue weighted by molar-refractivity contribution is 7.90. The van der Waals surface area contributed by atoms with E-state index < -0.39 is 21.5 Å². The first-order valence-electron chi connectivity index (χ1n) is 8.40. The second-order valence-electron chi connectivity index (χ2n) is 6.61. The molecule has 136 valence electrons. The smallest absolute Gasteiger partial charge is 0.267 e. The van der Waals surface area contributed by atoms with Gasteiger partial charge < -0.3 is 11.1 Å². The molecule has 2 aliphatic rings. The van der Waals surface area contributed by atoms with Crippen molar-refractivity contribution in [1.82, 2.24) is 4.72 Å². The lowest BCUT2D eigenvalue weighted by molar-refractivity contribution is -0.121. The summed E-state index contributed by atoms with van der Waals surface area (Å²) in [7, 11) is -4.12. The molecule has 25 heavy (non-hydrogen) atoms. The number of allylic oxidation sites excluding steroid dienone is 1. The van der Waals surface area contributed by atoms with Crippen LogP contribution in [0.4, 0.5) is 5.69 Å². The van der Waals surface area contributed by atoms with Crippen LogP contribution in [-0.2, 0) is 14.8 Å². The molecule has 0 aromatic heterocycles. The SMILES string of the molecule is N[C@]12C[C@H]1C=CCCCCCNc1cccc(Cl)c1S(=O)(=O)NC2=O. The van der Waals surface area contributed by atoms with Crippen LogP contribution in [0, 0.1) is 5.92 Å². The lowest BCUT2D eigenvalue weighted by atomic mass is 10.1. The summed E-state index contributed by atoms with van der Waals surface area (Å²) >= 11 is 6.12. The fourth-order valence-corrected chi connectivity index (χ4v) is 4.81. The highest BCUT2D eigenvalue weighted by atomic mass is 35.5. The minimum Gasteiger partial charge on any atom is -0.384 e. The fraction of sp³-hybridized carbons (Fsp3) is 0.471. The van der Waals surface area contributed by atoms with Crippen molar-refractivity contribution in [2.45, 2.75) is 42.5 Å². The normalized spacial score (nSPS) is 29.2. The van der Waals surface area contributed by atoms with Crippen molar-refractivity contribution in [3.8, 4) is 0 Å². The fourth-order valence-electron chi connectivity index (χ4n) is 3.04. The first-order valence-corrected chi connectivity index (χ1v) is 10.3. The maximum absolute atomic E-state index is 12.7. The molecule has 8 heteroatoms. The van der Waals surface area contributed by atoms with E-state index in [9.17, 15) is 13.2 Å². The molecule has 1 amide bonds. The highest BCUT2D eigenvalue weighted by Crippen LogP contribution is 2.43. The molecule has 1 aromatic carbocycles. The van der Waals surface area contributed by atoms with Gasteiger partial charge in [-0.2, -0.15) is 0 Å². The van der Waals surface area contributed by atoms with Gasteiger partial charge in [0.25, 0.3) is 15.9 Å². The third kappa shape index (κ3) is 3.83. The zero-order valence-electron chi connectivity index (χ0n) is 13.8. The van der Waals surface area contributed by atoms with Crippen molar-refractivity contribution in [2.75, 3.05) is 11.9 Å². The van der Waals surface area contributed by atoms with Gasteiger partial charge in [0, 0.05) is 12.5 Å². The number of sulfonamides is 1. The average molecular weight is 384 g/mol. The lowest BCUT2D eigenvalue weighted by Gasteiger charge is -2.16. The van der Waals surface area contributed by atoms with Crippen molar-refractivity contribution in [2.24, 2.45) is 11.7 Å². The molecule has 4 N–H and O–H groups in total. The van der Waals surface area contributed by atoms with Crippen LogP contribution in [0.2, 0.25) is 5.02 Å². The Balaban J connectivity index is 1.94. The third-order valence-corrected chi connectivity index (χ3v) is 6.53. The number of amides is 1. The van der Waals surface area contributed by atoms with Crippen LogP contribution in [0.5, 0.6) is 0 Å². The molecular weight excluding hydrogens is 362 g/mol. The molecule has 0 unspecified atom stereocenters. The van der Waals surface area contributed by atoms with E-state index in [-0.39, 0.29) is 15.8 Å². The van der Waals surface area contributed by atoms with Crippen molar-refractivity contribution < 1.29 is 13.2 Å². The molecule has 1 fully saturated rings. The van der Waals surface area contributed by atoms with E-state index in [4.69, 9.17) is 17.3 Å². The van der Waals surface area contributed by atoms with Crippen LogP contribution in [-0.4, -0.2) is 26.4 Å². The second-order valence-corrected chi connectivity index (χ2v) is 8.63. The van der Waals surface area contributed by atoms with Crippen molar-refractivity contribution in [3.05, 3.63) is 35.4 Å². The molecule has 1 saturated carbocycles. The molecule has 1 heterocycles. The largest absolute Gasteiger partial charge is 0.384 e. The predicted molar refractivity (Wildman–Crippen MR) is 97.9 cm³/mol. The van der Waals surface area contributed by atoms with Gasteiger partial charge in [-0.25, -0.2) is 13.1 Å². The molecule has 2 atom stereocenters. The highest BCUT2D eigenvalue weighted by Gasteiger charge is 2.56. The molecule has 0 bridgehead atoms. The molecule has 1 aliphatic carbocycles. The zero-order chi connectivity index (χ0) is 18.1. The number of anilines is 1. The minimum atomic E-state index is -4.12. The Kier molecular flexibility index (Phi) is 5.09. The monoisotopic (exact) mass is 383 g/mol. The lowest BCUT2D eigenvalue weighted by Crippen LogP contribution is -2.46. The molecular formula is C17H22ClN3O3S. The van der Waals surface area contributed by atoms with Gasteiger partial charge in [0.05, 0.1) is 10.7 Å². The Morgan fingerprint density at radius 1 is 1.24 bits per heavy atom. The van der Waals surface area contributed by atoms with E-state index in [1.165, 1.54) is 6.07 Å². The summed E-state index contributed by atoms with van der Waals surface area (Å²) < 4.78 is 27.6. The number of fused-ring (bicyclic) bond motifs is 2. The number of carbonyl (C=O) groups is 1. The third-order valence-electron chi connectivity index (χ3n) is 4.68. The van der Waals surface area contributed by atoms with E-state index in [1.54, 1.807) is 12.1 Å². The van der Waals surface area contributed by atoms with E-state index in [2.05, 4.69) is 10.0 Å². The van der Waals surface area contributed by atoms with Crippen LogP contribution in [0.15, 0.2) is 35.2 Å². The molecule has 3 rings (SSSR count). The van der Waals surface area contributed by atoms with E-state index in [0.717, 1.165) is 25.7 Å². The second kappa shape index (κ2) is 6.97.